The lowest BCUT2D eigenvalue weighted by Crippen LogP contribution is -2.56. The molecule has 0 aromatic heterocycles. The zero-order chi connectivity index (χ0) is 23.6. The molecule has 3 aliphatic rings. The predicted octanol–water partition coefficient (Wildman–Crippen LogP) is 2.54. The van der Waals surface area contributed by atoms with Gasteiger partial charge in [-0.15, -0.1) is 0 Å². The largest absolute Gasteiger partial charge is 0.395 e. The fourth-order valence-electron chi connectivity index (χ4n) is 5.96. The van der Waals surface area contributed by atoms with Gasteiger partial charge in [-0.05, 0) is 76.2 Å². The summed E-state index contributed by atoms with van der Waals surface area (Å²) in [7, 11) is 4.10. The van der Waals surface area contributed by atoms with E-state index in [0.717, 1.165) is 50.6 Å². The molecule has 2 N–H and O–H groups in total. The second-order valence-corrected chi connectivity index (χ2v) is 10.3. The second-order valence-electron chi connectivity index (χ2n) is 10.3. The van der Waals surface area contributed by atoms with Crippen LogP contribution in [-0.2, 0) is 10.3 Å². The minimum atomic E-state index is -0.295. The van der Waals surface area contributed by atoms with Crippen molar-refractivity contribution >= 4 is 11.9 Å². The van der Waals surface area contributed by atoms with E-state index in [9.17, 15) is 14.0 Å². The summed E-state index contributed by atoms with van der Waals surface area (Å²) in [4.78, 5) is 31.7. The lowest BCUT2D eigenvalue weighted by molar-refractivity contribution is -0.121. The molecule has 0 bridgehead atoms. The van der Waals surface area contributed by atoms with Crippen LogP contribution < -0.4 is 5.32 Å². The number of amides is 3. The van der Waals surface area contributed by atoms with Gasteiger partial charge in [0.25, 0.3) is 0 Å². The monoisotopic (exact) mass is 460 g/mol. The Morgan fingerprint density at radius 1 is 1.24 bits per heavy atom. The van der Waals surface area contributed by atoms with E-state index in [1.807, 2.05) is 20.2 Å². The Labute approximate surface area is 195 Å². The van der Waals surface area contributed by atoms with Gasteiger partial charge in [-0.2, -0.15) is 0 Å². The Morgan fingerprint density at radius 3 is 2.55 bits per heavy atom. The standard InChI is InChI=1S/C25H37FN4O3/c1-28(2)25(20-7-4-8-21(26)15-20)11-9-24(10-12-25)18-29(17-22(32)27-13-14-31)23(33)30(24)16-19-5-3-6-19/h4,7-8,15,19,31H,3,5-6,9-14,16-18H2,1-2H3,(H,27,32). The molecule has 1 heterocycles. The van der Waals surface area contributed by atoms with Crippen molar-refractivity contribution in [2.45, 2.75) is 56.0 Å². The fourth-order valence-corrected chi connectivity index (χ4v) is 5.96. The third kappa shape index (κ3) is 4.60. The summed E-state index contributed by atoms with van der Waals surface area (Å²) >= 11 is 0. The van der Waals surface area contributed by atoms with Crippen molar-refractivity contribution in [1.29, 1.82) is 0 Å². The van der Waals surface area contributed by atoms with E-state index in [1.165, 1.54) is 12.5 Å². The van der Waals surface area contributed by atoms with Gasteiger partial charge < -0.3 is 20.2 Å². The number of aliphatic hydroxyl groups excluding tert-OH is 1. The second kappa shape index (κ2) is 9.58. The Hall–Kier alpha value is -2.19. The molecule has 0 radical (unpaired) electrons. The molecular weight excluding hydrogens is 423 g/mol. The van der Waals surface area contributed by atoms with Gasteiger partial charge in [0, 0.05) is 25.2 Å². The van der Waals surface area contributed by atoms with Crippen LogP contribution in [0.3, 0.4) is 0 Å². The van der Waals surface area contributed by atoms with E-state index in [0.29, 0.717) is 12.5 Å². The molecule has 3 fully saturated rings. The van der Waals surface area contributed by atoms with Crippen molar-refractivity contribution in [2.75, 3.05) is 46.9 Å². The highest BCUT2D eigenvalue weighted by atomic mass is 19.1. The molecule has 0 unspecified atom stereocenters. The number of aliphatic hydroxyl groups is 1. The molecule has 0 atom stereocenters. The number of carbonyl (C=O) groups excluding carboxylic acids is 2. The van der Waals surface area contributed by atoms with E-state index in [1.54, 1.807) is 17.0 Å². The lowest BCUT2D eigenvalue weighted by atomic mass is 9.68. The summed E-state index contributed by atoms with van der Waals surface area (Å²) in [5.41, 5.74) is 0.416. The number of urea groups is 1. The molecule has 8 heteroatoms. The number of nitrogens with one attached hydrogen (secondary N) is 1. The Morgan fingerprint density at radius 2 is 1.97 bits per heavy atom. The number of rotatable bonds is 8. The van der Waals surface area contributed by atoms with E-state index >= 15 is 0 Å². The molecule has 182 valence electrons. The van der Waals surface area contributed by atoms with E-state index < -0.39 is 0 Å². The number of hydrogen-bond acceptors (Lipinski definition) is 4. The van der Waals surface area contributed by atoms with Crippen LogP contribution in [0, 0.1) is 11.7 Å². The van der Waals surface area contributed by atoms with Crippen molar-refractivity contribution in [3.05, 3.63) is 35.6 Å². The van der Waals surface area contributed by atoms with Crippen molar-refractivity contribution in [3.8, 4) is 0 Å². The first-order valence-electron chi connectivity index (χ1n) is 12.2. The SMILES string of the molecule is CN(C)C1(c2cccc(F)c2)CCC2(CC1)CN(CC(=O)NCCO)C(=O)N2CC1CCC1. The van der Waals surface area contributed by atoms with Crippen molar-refractivity contribution in [2.24, 2.45) is 5.92 Å². The maximum atomic E-state index is 14.1. The minimum Gasteiger partial charge on any atom is -0.395 e. The van der Waals surface area contributed by atoms with Crippen LogP contribution in [0.4, 0.5) is 9.18 Å². The van der Waals surface area contributed by atoms with Crippen molar-refractivity contribution < 1.29 is 19.1 Å². The number of hydrogen-bond donors (Lipinski definition) is 2. The lowest BCUT2D eigenvalue weighted by Gasteiger charge is -2.51. The number of benzene rings is 1. The molecule has 4 rings (SSSR count). The molecule has 1 aromatic rings. The Balaban J connectivity index is 1.55. The van der Waals surface area contributed by atoms with Crippen LogP contribution in [0.5, 0.6) is 0 Å². The average molecular weight is 461 g/mol. The number of halogens is 1. The molecular formula is C25H37FN4O3. The molecule has 1 aromatic carbocycles. The van der Waals surface area contributed by atoms with E-state index in [2.05, 4.69) is 15.1 Å². The Kier molecular flexibility index (Phi) is 6.96. The molecule has 3 amide bonds. The van der Waals surface area contributed by atoms with Crippen LogP contribution in [-0.4, -0.2) is 84.2 Å². The van der Waals surface area contributed by atoms with Gasteiger partial charge >= 0.3 is 6.03 Å². The van der Waals surface area contributed by atoms with Gasteiger partial charge in [0.2, 0.25) is 5.91 Å². The summed E-state index contributed by atoms with van der Waals surface area (Å²) in [6, 6.07) is 6.85. The molecule has 2 aliphatic carbocycles. The van der Waals surface area contributed by atoms with Crippen LogP contribution in [0.2, 0.25) is 0 Å². The summed E-state index contributed by atoms with van der Waals surface area (Å²) in [5, 5.41) is 11.6. The summed E-state index contributed by atoms with van der Waals surface area (Å²) in [6.07, 6.45) is 6.80. The average Bonchev–Trinajstić information content (AvgIpc) is 3.00. The minimum absolute atomic E-state index is 0.0183. The maximum absolute atomic E-state index is 14.1. The first kappa shape index (κ1) is 24.0. The van der Waals surface area contributed by atoms with Gasteiger partial charge in [0.05, 0.1) is 12.1 Å². The number of carbonyl (C=O) groups is 2. The maximum Gasteiger partial charge on any atom is 0.321 e. The quantitative estimate of drug-likeness (QED) is 0.625. The predicted molar refractivity (Wildman–Crippen MR) is 124 cm³/mol. The van der Waals surface area contributed by atoms with Crippen LogP contribution >= 0.6 is 0 Å². The summed E-state index contributed by atoms with van der Waals surface area (Å²) in [5.74, 6) is 0.0747. The first-order chi connectivity index (χ1) is 15.8. The molecule has 2 saturated carbocycles. The zero-order valence-corrected chi connectivity index (χ0v) is 19.9. The molecule has 1 spiro atoms. The van der Waals surface area contributed by atoms with Gasteiger partial charge in [-0.3, -0.25) is 9.69 Å². The smallest absolute Gasteiger partial charge is 0.321 e. The van der Waals surface area contributed by atoms with Gasteiger partial charge in [0.1, 0.15) is 12.4 Å². The van der Waals surface area contributed by atoms with Crippen LogP contribution in [0.1, 0.15) is 50.5 Å². The van der Waals surface area contributed by atoms with Gasteiger partial charge in [-0.1, -0.05) is 18.6 Å². The Bertz CT molecular complexity index is 865. The van der Waals surface area contributed by atoms with Gasteiger partial charge in [-0.25, -0.2) is 9.18 Å². The molecule has 1 saturated heterocycles. The zero-order valence-electron chi connectivity index (χ0n) is 19.9. The highest BCUT2D eigenvalue weighted by Gasteiger charge is 2.55. The van der Waals surface area contributed by atoms with E-state index in [-0.39, 0.29) is 48.5 Å². The number of nitrogens with zero attached hydrogens (tertiary/aromatic N) is 3. The highest BCUT2D eigenvalue weighted by Crippen LogP contribution is 2.49. The highest BCUT2D eigenvalue weighted by molar-refractivity contribution is 5.86. The molecule has 33 heavy (non-hydrogen) atoms. The van der Waals surface area contributed by atoms with Crippen LogP contribution in [0.25, 0.3) is 0 Å². The van der Waals surface area contributed by atoms with Crippen LogP contribution in [0.15, 0.2) is 24.3 Å². The van der Waals surface area contributed by atoms with E-state index in [4.69, 9.17) is 5.11 Å². The molecule has 1 aliphatic heterocycles. The summed E-state index contributed by atoms with van der Waals surface area (Å²) < 4.78 is 14.1. The van der Waals surface area contributed by atoms with Crippen molar-refractivity contribution in [1.82, 2.24) is 20.0 Å². The topological polar surface area (TPSA) is 76.1 Å². The van der Waals surface area contributed by atoms with Gasteiger partial charge in [0.15, 0.2) is 0 Å². The summed E-state index contributed by atoms with van der Waals surface area (Å²) in [6.45, 7) is 1.38. The third-order valence-electron chi connectivity index (χ3n) is 8.22. The molecule has 7 nitrogen and oxygen atoms in total. The normalized spacial score (nSPS) is 28.0. The fraction of sp³-hybridized carbons (Fsp3) is 0.680. The van der Waals surface area contributed by atoms with Crippen molar-refractivity contribution in [3.63, 3.8) is 0 Å². The third-order valence-corrected chi connectivity index (χ3v) is 8.22. The first-order valence-corrected chi connectivity index (χ1v) is 12.2.